The molecule has 2 aromatic rings. The molecule has 22 heavy (non-hydrogen) atoms. The smallest absolute Gasteiger partial charge is 0.344 e. The van der Waals surface area contributed by atoms with Crippen LogP contribution in [0.2, 0.25) is 0 Å². The Morgan fingerprint density at radius 3 is 2.77 bits per heavy atom. The van der Waals surface area contributed by atoms with Gasteiger partial charge in [0.15, 0.2) is 11.9 Å². The zero-order valence-electron chi connectivity index (χ0n) is 12.0. The number of benzene rings is 1. The van der Waals surface area contributed by atoms with Crippen LogP contribution >= 0.6 is 0 Å². The van der Waals surface area contributed by atoms with E-state index in [2.05, 4.69) is 4.98 Å². The molecule has 5 nitrogen and oxygen atoms in total. The second kappa shape index (κ2) is 7.17. The van der Waals surface area contributed by atoms with Crippen LogP contribution in [0.5, 0.6) is 5.75 Å². The monoisotopic (exact) mass is 297 g/mol. The van der Waals surface area contributed by atoms with Crippen LogP contribution in [0.15, 0.2) is 54.9 Å². The molecule has 0 amide bonds. The lowest BCUT2D eigenvalue weighted by Crippen LogP contribution is -2.22. The van der Waals surface area contributed by atoms with Crippen molar-refractivity contribution in [2.24, 2.45) is 0 Å². The van der Waals surface area contributed by atoms with Crippen molar-refractivity contribution in [2.45, 2.75) is 13.0 Å². The number of rotatable bonds is 6. The fraction of sp³-hybridized carbons (Fsp3) is 0.118. The van der Waals surface area contributed by atoms with Crippen molar-refractivity contribution in [3.63, 3.8) is 0 Å². The van der Waals surface area contributed by atoms with Crippen molar-refractivity contribution in [2.75, 3.05) is 0 Å². The van der Waals surface area contributed by atoms with Crippen LogP contribution in [-0.2, 0) is 4.79 Å². The summed E-state index contributed by atoms with van der Waals surface area (Å²) >= 11 is 0. The third-order valence-electron chi connectivity index (χ3n) is 2.89. The molecule has 0 spiro atoms. The number of allylic oxidation sites excluding steroid dienone is 1. The fourth-order valence-electron chi connectivity index (χ4n) is 1.72. The quantitative estimate of drug-likeness (QED) is 0.655. The van der Waals surface area contributed by atoms with E-state index in [1.807, 2.05) is 6.07 Å². The van der Waals surface area contributed by atoms with Crippen LogP contribution in [0.4, 0.5) is 0 Å². The van der Waals surface area contributed by atoms with Gasteiger partial charge in [-0.2, -0.15) is 0 Å². The van der Waals surface area contributed by atoms with E-state index in [4.69, 9.17) is 9.84 Å². The summed E-state index contributed by atoms with van der Waals surface area (Å²) in [4.78, 5) is 26.8. The average Bonchev–Trinajstić information content (AvgIpc) is 2.53. The first-order valence-electron chi connectivity index (χ1n) is 6.68. The van der Waals surface area contributed by atoms with Gasteiger partial charge in [0.05, 0.1) is 0 Å². The van der Waals surface area contributed by atoms with Gasteiger partial charge >= 0.3 is 5.97 Å². The zero-order valence-corrected chi connectivity index (χ0v) is 12.0. The Morgan fingerprint density at radius 1 is 1.27 bits per heavy atom. The maximum absolute atomic E-state index is 12.1. The van der Waals surface area contributed by atoms with Gasteiger partial charge in [-0.3, -0.25) is 9.78 Å². The molecule has 112 valence electrons. The van der Waals surface area contributed by atoms with E-state index in [0.717, 1.165) is 5.56 Å². The molecule has 1 aromatic heterocycles. The fourth-order valence-corrected chi connectivity index (χ4v) is 1.72. The molecule has 0 fully saturated rings. The van der Waals surface area contributed by atoms with E-state index in [9.17, 15) is 9.59 Å². The summed E-state index contributed by atoms with van der Waals surface area (Å²) in [5.74, 6) is -0.916. The van der Waals surface area contributed by atoms with E-state index in [1.54, 1.807) is 42.7 Å². The predicted octanol–water partition coefficient (Wildman–Crippen LogP) is 2.83. The van der Waals surface area contributed by atoms with Gasteiger partial charge in [-0.1, -0.05) is 18.2 Å². The number of ketones is 1. The van der Waals surface area contributed by atoms with Crippen LogP contribution in [0, 0.1) is 0 Å². The highest BCUT2D eigenvalue weighted by Gasteiger charge is 2.13. The molecule has 0 saturated heterocycles. The molecule has 0 aliphatic carbocycles. The first-order chi connectivity index (χ1) is 10.6. The lowest BCUT2D eigenvalue weighted by atomic mass is 10.1. The number of carboxylic acids is 1. The second-order valence-corrected chi connectivity index (χ2v) is 4.61. The molecule has 0 saturated carbocycles. The Bertz CT molecular complexity index is 695. The van der Waals surface area contributed by atoms with Crippen LogP contribution in [0.3, 0.4) is 0 Å². The largest absolute Gasteiger partial charge is 0.479 e. The number of ether oxygens (including phenoxy) is 1. The Morgan fingerprint density at radius 2 is 2.09 bits per heavy atom. The van der Waals surface area contributed by atoms with Gasteiger partial charge in [0, 0.05) is 18.0 Å². The number of aliphatic carboxylic acids is 1. The minimum atomic E-state index is -1.06. The maximum atomic E-state index is 12.1. The van der Waals surface area contributed by atoms with E-state index in [-0.39, 0.29) is 5.78 Å². The highest BCUT2D eigenvalue weighted by molar-refractivity contribution is 6.07. The molecule has 1 atom stereocenters. The second-order valence-electron chi connectivity index (χ2n) is 4.61. The van der Waals surface area contributed by atoms with Gasteiger partial charge < -0.3 is 9.84 Å². The van der Waals surface area contributed by atoms with E-state index in [0.29, 0.717) is 11.3 Å². The van der Waals surface area contributed by atoms with Crippen LogP contribution in [0.1, 0.15) is 22.8 Å². The number of carbonyl (C=O) groups is 2. The molecule has 0 radical (unpaired) electrons. The minimum Gasteiger partial charge on any atom is -0.479 e. The molecule has 0 aliphatic rings. The lowest BCUT2D eigenvalue weighted by Gasteiger charge is -2.10. The lowest BCUT2D eigenvalue weighted by molar-refractivity contribution is -0.144. The Balaban J connectivity index is 2.10. The van der Waals surface area contributed by atoms with Crippen LogP contribution in [0.25, 0.3) is 6.08 Å². The van der Waals surface area contributed by atoms with Crippen molar-refractivity contribution in [1.29, 1.82) is 0 Å². The predicted molar refractivity (Wildman–Crippen MR) is 81.8 cm³/mol. The number of carboxylic acid groups (broad SMARTS) is 1. The summed E-state index contributed by atoms with van der Waals surface area (Å²) in [5, 5.41) is 8.82. The Labute approximate surface area is 127 Å². The minimum absolute atomic E-state index is 0.197. The molecular formula is C17H15NO4. The van der Waals surface area contributed by atoms with E-state index in [1.165, 1.54) is 19.1 Å². The molecule has 2 rings (SSSR count). The van der Waals surface area contributed by atoms with Crippen molar-refractivity contribution >= 4 is 17.8 Å². The molecular weight excluding hydrogens is 282 g/mol. The summed E-state index contributed by atoms with van der Waals surface area (Å²) in [6.45, 7) is 1.43. The third kappa shape index (κ3) is 4.28. The summed E-state index contributed by atoms with van der Waals surface area (Å²) in [7, 11) is 0. The van der Waals surface area contributed by atoms with Gasteiger partial charge in [0.25, 0.3) is 0 Å². The summed E-state index contributed by atoms with van der Waals surface area (Å²) < 4.78 is 5.24. The summed E-state index contributed by atoms with van der Waals surface area (Å²) in [6.07, 6.45) is 5.44. The van der Waals surface area contributed by atoms with Gasteiger partial charge in [0.1, 0.15) is 5.75 Å². The molecule has 1 heterocycles. The number of pyridine rings is 1. The average molecular weight is 297 g/mol. The first-order valence-corrected chi connectivity index (χ1v) is 6.68. The Kier molecular flexibility index (Phi) is 5.03. The topological polar surface area (TPSA) is 76.5 Å². The maximum Gasteiger partial charge on any atom is 0.344 e. The third-order valence-corrected chi connectivity index (χ3v) is 2.89. The number of hydrogen-bond acceptors (Lipinski definition) is 4. The number of aromatic nitrogens is 1. The molecule has 1 aromatic carbocycles. The van der Waals surface area contributed by atoms with Crippen molar-refractivity contribution < 1.29 is 19.4 Å². The Hall–Kier alpha value is -2.95. The van der Waals surface area contributed by atoms with Crippen molar-refractivity contribution in [1.82, 2.24) is 4.98 Å². The highest BCUT2D eigenvalue weighted by atomic mass is 16.5. The molecule has 0 bridgehead atoms. The van der Waals surface area contributed by atoms with E-state index >= 15 is 0 Å². The van der Waals surface area contributed by atoms with Gasteiger partial charge in [-0.05, 0) is 42.8 Å². The number of nitrogens with zero attached hydrogens (tertiary/aromatic N) is 1. The van der Waals surface area contributed by atoms with Crippen molar-refractivity contribution in [3.05, 3.63) is 66.0 Å². The first kappa shape index (κ1) is 15.4. The summed E-state index contributed by atoms with van der Waals surface area (Å²) in [6, 6.07) is 10.1. The number of hydrogen-bond donors (Lipinski definition) is 1. The van der Waals surface area contributed by atoms with Gasteiger partial charge in [-0.25, -0.2) is 4.79 Å². The highest BCUT2D eigenvalue weighted by Crippen LogP contribution is 2.16. The zero-order chi connectivity index (χ0) is 15.9. The van der Waals surface area contributed by atoms with E-state index < -0.39 is 12.1 Å². The van der Waals surface area contributed by atoms with Crippen LogP contribution in [-0.4, -0.2) is 27.9 Å². The molecule has 5 heteroatoms. The summed E-state index contributed by atoms with van der Waals surface area (Å²) in [5.41, 5.74) is 1.25. The molecule has 0 unspecified atom stereocenters. The van der Waals surface area contributed by atoms with Gasteiger partial charge in [0.2, 0.25) is 0 Å². The standard InChI is InChI=1S/C17H15NO4/c1-12(17(20)21)22-15-6-2-5-14(10-15)16(19)8-7-13-4-3-9-18-11-13/h2-12H,1H3,(H,20,21)/b8-7+/t12-/m1/s1. The van der Waals surface area contributed by atoms with Crippen molar-refractivity contribution in [3.8, 4) is 5.75 Å². The van der Waals surface area contributed by atoms with Crippen LogP contribution < -0.4 is 4.74 Å². The van der Waals surface area contributed by atoms with Gasteiger partial charge in [-0.15, -0.1) is 0 Å². The number of carbonyl (C=O) groups excluding carboxylic acids is 1. The SMILES string of the molecule is C[C@@H](Oc1cccc(C(=O)/C=C/c2cccnc2)c1)C(=O)O. The normalized spacial score (nSPS) is 12.0. The molecule has 1 N–H and O–H groups in total. The molecule has 0 aliphatic heterocycles.